The van der Waals surface area contributed by atoms with Crippen molar-refractivity contribution in [1.82, 2.24) is 19.6 Å². The molecule has 2 aromatic heterocycles. The van der Waals surface area contributed by atoms with E-state index in [0.29, 0.717) is 13.2 Å². The van der Waals surface area contributed by atoms with Gasteiger partial charge >= 0.3 is 0 Å². The van der Waals surface area contributed by atoms with Crippen LogP contribution in [-0.4, -0.2) is 50.0 Å². The van der Waals surface area contributed by atoms with E-state index >= 15 is 0 Å². The van der Waals surface area contributed by atoms with Crippen molar-refractivity contribution < 1.29 is 13.2 Å². The number of pyridine rings is 1. The van der Waals surface area contributed by atoms with E-state index in [0.717, 1.165) is 45.8 Å². The van der Waals surface area contributed by atoms with Crippen LogP contribution in [0.4, 0.5) is 0 Å². The monoisotopic (exact) mass is 428 g/mol. The molecular weight excluding hydrogens is 400 g/mol. The second-order valence-corrected chi connectivity index (χ2v) is 8.74. The number of hydrogen-bond acceptors (Lipinski definition) is 5. The number of rotatable bonds is 8. The van der Waals surface area contributed by atoms with Gasteiger partial charge < -0.3 is 14.6 Å². The van der Waals surface area contributed by atoms with E-state index in [1.165, 1.54) is 25.9 Å². The Hall–Kier alpha value is -2.42. The van der Waals surface area contributed by atoms with Crippen LogP contribution in [0.25, 0.3) is 22.2 Å². The summed E-state index contributed by atoms with van der Waals surface area (Å²) in [5, 5.41) is 0.981. The van der Waals surface area contributed by atoms with Gasteiger partial charge in [-0.3, -0.25) is 0 Å². The lowest BCUT2D eigenvalue weighted by molar-refractivity contribution is 0.188. The van der Waals surface area contributed by atoms with E-state index in [9.17, 15) is 8.42 Å². The summed E-state index contributed by atoms with van der Waals surface area (Å²) in [5.74, 6) is 1.58. The SMILES string of the molecule is CN1CCC(CCOc2ccnc3[nH]cc(-c4ccc(CN[SH](=O)=O)cc4)c23)CC1. The molecule has 1 aliphatic heterocycles. The lowest BCUT2D eigenvalue weighted by atomic mass is 9.94. The van der Waals surface area contributed by atoms with Crippen molar-refractivity contribution in [1.29, 1.82) is 0 Å². The molecular formula is C22H28N4O3S. The zero-order valence-corrected chi connectivity index (χ0v) is 18.0. The smallest absolute Gasteiger partial charge is 0.201 e. The molecule has 0 spiro atoms. The fourth-order valence-corrected chi connectivity index (χ4v) is 4.33. The molecule has 1 aliphatic rings. The van der Waals surface area contributed by atoms with Crippen molar-refractivity contribution in [3.05, 3.63) is 48.3 Å². The molecule has 0 radical (unpaired) electrons. The lowest BCUT2D eigenvalue weighted by Crippen LogP contribution is -2.30. The highest BCUT2D eigenvalue weighted by Gasteiger charge is 2.17. The summed E-state index contributed by atoms with van der Waals surface area (Å²) in [6, 6.07) is 9.77. The number of aromatic nitrogens is 2. The summed E-state index contributed by atoms with van der Waals surface area (Å²) in [4.78, 5) is 10.1. The lowest BCUT2D eigenvalue weighted by Gasteiger charge is -2.28. The minimum absolute atomic E-state index is 0.291. The molecule has 0 amide bonds. The summed E-state index contributed by atoms with van der Waals surface area (Å²) in [7, 11) is -0.409. The van der Waals surface area contributed by atoms with Crippen LogP contribution in [0.2, 0.25) is 0 Å². The van der Waals surface area contributed by atoms with Crippen LogP contribution in [0.5, 0.6) is 5.75 Å². The zero-order chi connectivity index (χ0) is 20.9. The molecule has 1 aromatic carbocycles. The van der Waals surface area contributed by atoms with Crippen LogP contribution in [0, 0.1) is 5.92 Å². The Morgan fingerprint density at radius 2 is 1.97 bits per heavy atom. The standard InChI is InChI=1S/C22H28N4O3S/c1-26-11-7-16(8-12-26)9-13-29-20-6-10-23-22-21(20)19(15-24-22)18-4-2-17(3-5-18)14-25-30(27)28/h2-6,10,15-16,30H,7-9,11-14H2,1H3,(H,23,24)(H,25,27,28). The highest BCUT2D eigenvalue weighted by atomic mass is 32.2. The quantitative estimate of drug-likeness (QED) is 0.480. The Balaban J connectivity index is 1.48. The maximum absolute atomic E-state index is 10.7. The Morgan fingerprint density at radius 3 is 2.70 bits per heavy atom. The average Bonchev–Trinajstić information content (AvgIpc) is 3.19. The van der Waals surface area contributed by atoms with Crippen LogP contribution in [0.3, 0.4) is 0 Å². The minimum atomic E-state index is -2.59. The fraction of sp³-hybridized carbons (Fsp3) is 0.409. The number of benzene rings is 1. The second-order valence-electron chi connectivity index (χ2n) is 7.91. The number of thiol groups is 1. The average molecular weight is 429 g/mol. The third kappa shape index (κ3) is 5.00. The highest BCUT2D eigenvalue weighted by molar-refractivity contribution is 7.70. The van der Waals surface area contributed by atoms with E-state index in [2.05, 4.69) is 26.6 Å². The summed E-state index contributed by atoms with van der Waals surface area (Å²) in [5.41, 5.74) is 3.77. The van der Waals surface area contributed by atoms with Crippen LogP contribution >= 0.6 is 0 Å². The number of nitrogens with one attached hydrogen (secondary N) is 2. The molecule has 1 saturated heterocycles. The van der Waals surface area contributed by atoms with Crippen molar-refractivity contribution in [2.24, 2.45) is 5.92 Å². The van der Waals surface area contributed by atoms with Crippen LogP contribution in [-0.2, 0) is 17.4 Å². The second kappa shape index (κ2) is 9.59. The van der Waals surface area contributed by atoms with Crippen molar-refractivity contribution in [2.75, 3.05) is 26.7 Å². The van der Waals surface area contributed by atoms with Crippen molar-refractivity contribution >= 4 is 21.9 Å². The molecule has 0 unspecified atom stereocenters. The van der Waals surface area contributed by atoms with Gasteiger partial charge in [-0.05, 0) is 62.5 Å². The molecule has 7 nitrogen and oxygen atoms in total. The first-order valence-corrected chi connectivity index (χ1v) is 11.5. The first-order chi connectivity index (χ1) is 14.6. The van der Waals surface area contributed by atoms with E-state index in [1.54, 1.807) is 6.20 Å². The largest absolute Gasteiger partial charge is 0.493 e. The Kier molecular flexibility index (Phi) is 6.66. The summed E-state index contributed by atoms with van der Waals surface area (Å²) in [6.45, 7) is 3.34. The number of nitrogens with zero attached hydrogens (tertiary/aromatic N) is 2. The minimum Gasteiger partial charge on any atom is -0.493 e. The van der Waals surface area contributed by atoms with E-state index < -0.39 is 10.9 Å². The molecule has 2 N–H and O–H groups in total. The predicted molar refractivity (Wildman–Crippen MR) is 119 cm³/mol. The van der Waals surface area contributed by atoms with E-state index in [1.807, 2.05) is 36.5 Å². The van der Waals surface area contributed by atoms with Gasteiger partial charge in [0.05, 0.1) is 12.0 Å². The number of hydrogen-bond donors (Lipinski definition) is 3. The molecule has 3 aromatic rings. The maximum Gasteiger partial charge on any atom is 0.201 e. The number of piperidine rings is 1. The summed E-state index contributed by atoms with van der Waals surface area (Å²) in [6.07, 6.45) is 7.27. The van der Waals surface area contributed by atoms with Gasteiger partial charge in [0.25, 0.3) is 0 Å². The van der Waals surface area contributed by atoms with Gasteiger partial charge in [-0.1, -0.05) is 24.3 Å². The van der Waals surface area contributed by atoms with Crippen molar-refractivity contribution in [3.63, 3.8) is 0 Å². The van der Waals surface area contributed by atoms with Gasteiger partial charge in [-0.25, -0.2) is 18.1 Å². The highest BCUT2D eigenvalue weighted by Crippen LogP contribution is 2.34. The first-order valence-electron chi connectivity index (χ1n) is 10.3. The molecule has 3 heterocycles. The van der Waals surface area contributed by atoms with Gasteiger partial charge in [-0.2, -0.15) is 0 Å². The van der Waals surface area contributed by atoms with Gasteiger partial charge in [-0.15, -0.1) is 0 Å². The van der Waals surface area contributed by atoms with E-state index in [-0.39, 0.29) is 0 Å². The molecule has 0 saturated carbocycles. The molecule has 0 aliphatic carbocycles. The van der Waals surface area contributed by atoms with Crippen LogP contribution in [0.1, 0.15) is 24.8 Å². The third-order valence-electron chi connectivity index (χ3n) is 5.83. The molecule has 0 bridgehead atoms. The molecule has 4 rings (SSSR count). The van der Waals surface area contributed by atoms with Crippen LogP contribution < -0.4 is 9.46 Å². The number of fused-ring (bicyclic) bond motifs is 1. The maximum atomic E-state index is 10.7. The number of aromatic amines is 1. The topological polar surface area (TPSA) is 87.3 Å². The number of ether oxygens (including phenoxy) is 1. The Morgan fingerprint density at radius 1 is 1.20 bits per heavy atom. The van der Waals surface area contributed by atoms with Gasteiger partial charge in [0, 0.05) is 24.5 Å². The van der Waals surface area contributed by atoms with Crippen LogP contribution in [0.15, 0.2) is 42.7 Å². The summed E-state index contributed by atoms with van der Waals surface area (Å²) >= 11 is 0. The number of likely N-dealkylation sites (tertiary alicyclic amines) is 1. The zero-order valence-electron chi connectivity index (χ0n) is 17.1. The van der Waals surface area contributed by atoms with Gasteiger partial charge in [0.15, 0.2) is 0 Å². The summed E-state index contributed by atoms with van der Waals surface area (Å²) < 4.78 is 30.1. The van der Waals surface area contributed by atoms with Gasteiger partial charge in [0.2, 0.25) is 10.9 Å². The molecule has 1 fully saturated rings. The van der Waals surface area contributed by atoms with Gasteiger partial charge in [0.1, 0.15) is 11.4 Å². The van der Waals surface area contributed by atoms with Crippen molar-refractivity contribution in [3.8, 4) is 16.9 Å². The molecule has 160 valence electrons. The predicted octanol–water partition coefficient (Wildman–Crippen LogP) is 2.96. The normalized spacial score (nSPS) is 15.8. The van der Waals surface area contributed by atoms with Crippen molar-refractivity contribution in [2.45, 2.75) is 25.8 Å². The molecule has 30 heavy (non-hydrogen) atoms. The molecule has 8 heteroatoms. The Bertz CT molecular complexity index is 1050. The third-order valence-corrected chi connectivity index (χ3v) is 6.25. The first kappa shape index (κ1) is 20.8. The molecule has 0 atom stereocenters. The Labute approximate surface area is 178 Å². The fourth-order valence-electron chi connectivity index (χ4n) is 4.02. The van der Waals surface area contributed by atoms with E-state index in [4.69, 9.17) is 4.74 Å². The number of H-pyrrole nitrogens is 1.